The highest BCUT2D eigenvalue weighted by Crippen LogP contribution is 2.35. The van der Waals surface area contributed by atoms with Gasteiger partial charge in [-0.05, 0) is 61.2 Å². The second-order valence-corrected chi connectivity index (χ2v) is 9.55. The Labute approximate surface area is 180 Å². The average Bonchev–Trinajstić information content (AvgIpc) is 3.23. The lowest BCUT2D eigenvalue weighted by atomic mass is 10.1. The number of nitrogens with one attached hydrogen (secondary N) is 1. The van der Waals surface area contributed by atoms with Crippen LogP contribution < -0.4 is 5.32 Å². The Morgan fingerprint density at radius 2 is 1.90 bits per heavy atom. The number of methoxy groups -OCH3 is 1. The zero-order valence-corrected chi connectivity index (χ0v) is 17.7. The van der Waals surface area contributed by atoms with E-state index in [2.05, 4.69) is 5.32 Å². The molecule has 1 fully saturated rings. The smallest absolute Gasteiger partial charge is 0.337 e. The van der Waals surface area contributed by atoms with Crippen LogP contribution in [0.15, 0.2) is 47.4 Å². The lowest BCUT2D eigenvalue weighted by Crippen LogP contribution is -2.28. The molecule has 1 amide bonds. The monoisotopic (exact) mass is 442 g/mol. The number of sulfone groups is 1. The van der Waals surface area contributed by atoms with Crippen LogP contribution in [0.4, 0.5) is 5.69 Å². The van der Waals surface area contributed by atoms with Crippen molar-refractivity contribution in [1.82, 2.24) is 0 Å². The van der Waals surface area contributed by atoms with Crippen LogP contribution in [-0.2, 0) is 14.6 Å². The van der Waals surface area contributed by atoms with Gasteiger partial charge in [-0.15, -0.1) is 0 Å². The van der Waals surface area contributed by atoms with E-state index < -0.39 is 27.0 Å². The third-order valence-electron chi connectivity index (χ3n) is 5.44. The van der Waals surface area contributed by atoms with Gasteiger partial charge < -0.3 is 15.2 Å². The first-order valence-electron chi connectivity index (χ1n) is 9.69. The lowest BCUT2D eigenvalue weighted by Gasteiger charge is -2.19. The quantitative estimate of drug-likeness (QED) is 0.673. The normalized spacial score (nSPS) is 18.3. The summed E-state index contributed by atoms with van der Waals surface area (Å²) in [5, 5.41) is 20.2. The Morgan fingerprint density at radius 3 is 2.52 bits per heavy atom. The third kappa shape index (κ3) is 4.76. The summed E-state index contributed by atoms with van der Waals surface area (Å²) in [4.78, 5) is 24.1. The number of ether oxygens (including phenoxy) is 1. The highest BCUT2D eigenvalue weighted by atomic mass is 32.2. The van der Waals surface area contributed by atoms with E-state index >= 15 is 0 Å². The van der Waals surface area contributed by atoms with Crippen LogP contribution >= 0.6 is 0 Å². The molecule has 31 heavy (non-hydrogen) atoms. The van der Waals surface area contributed by atoms with E-state index in [1.165, 1.54) is 42.5 Å². The number of anilines is 1. The maximum atomic E-state index is 13.0. The van der Waals surface area contributed by atoms with Gasteiger partial charge in [0.25, 0.3) is 5.91 Å². The molecule has 3 rings (SSSR count). The van der Waals surface area contributed by atoms with Gasteiger partial charge in [0.05, 0.1) is 39.6 Å². The van der Waals surface area contributed by atoms with Gasteiger partial charge in [-0.1, -0.05) is 6.42 Å². The van der Waals surface area contributed by atoms with Gasteiger partial charge in [0.15, 0.2) is 9.84 Å². The molecule has 8 nitrogen and oxygen atoms in total. The minimum absolute atomic E-state index is 0.0431. The van der Waals surface area contributed by atoms with Crippen molar-refractivity contribution in [3.63, 3.8) is 0 Å². The predicted octanol–water partition coefficient (Wildman–Crippen LogP) is 3.10. The summed E-state index contributed by atoms with van der Waals surface area (Å²) in [7, 11) is -2.00. The minimum Gasteiger partial charge on any atom is -0.478 e. The fraction of sp³-hybridized carbons (Fsp3) is 0.318. The molecule has 1 aliphatic rings. The molecule has 0 bridgehead atoms. The van der Waals surface area contributed by atoms with Crippen molar-refractivity contribution in [2.45, 2.75) is 29.4 Å². The molecule has 162 valence electrons. The third-order valence-corrected chi connectivity index (χ3v) is 7.79. The molecule has 2 unspecified atom stereocenters. The van der Waals surface area contributed by atoms with Crippen LogP contribution in [0, 0.1) is 17.2 Å². The Balaban J connectivity index is 1.80. The Morgan fingerprint density at radius 1 is 1.19 bits per heavy atom. The van der Waals surface area contributed by atoms with Crippen molar-refractivity contribution < 1.29 is 27.9 Å². The number of rotatable bonds is 7. The number of nitrogens with zero attached hydrogens (tertiary/aromatic N) is 1. The summed E-state index contributed by atoms with van der Waals surface area (Å²) in [5.41, 5.74) is 0.168. The van der Waals surface area contributed by atoms with E-state index in [4.69, 9.17) is 10.00 Å². The number of carbonyl (C=O) groups is 2. The number of nitriles is 1. The molecule has 1 saturated carbocycles. The molecule has 9 heteroatoms. The predicted molar refractivity (Wildman–Crippen MR) is 113 cm³/mol. The standard InChI is InChI=1S/C22H22N2O6S/c1-30-13-16-3-2-4-20(16)31(28,29)17-8-6-15(7-9-17)21(25)24-19-10-5-14(12-23)11-18(19)22(26)27/h5-11,16,20H,2-4,13H2,1H3,(H,24,25)(H,26,27). The van der Waals surface area contributed by atoms with Crippen molar-refractivity contribution in [2.24, 2.45) is 5.92 Å². The molecule has 1 aliphatic carbocycles. The second-order valence-electron chi connectivity index (χ2n) is 7.39. The number of hydrogen-bond donors (Lipinski definition) is 2. The van der Waals surface area contributed by atoms with E-state index in [0.717, 1.165) is 12.8 Å². The van der Waals surface area contributed by atoms with Gasteiger partial charge in [0.2, 0.25) is 0 Å². The van der Waals surface area contributed by atoms with E-state index in [-0.39, 0.29) is 33.2 Å². The Kier molecular flexibility index (Phi) is 6.73. The number of hydrogen-bond acceptors (Lipinski definition) is 6. The van der Waals surface area contributed by atoms with Gasteiger partial charge >= 0.3 is 5.97 Å². The van der Waals surface area contributed by atoms with E-state index in [0.29, 0.717) is 13.0 Å². The van der Waals surface area contributed by atoms with Crippen LogP contribution in [-0.4, -0.2) is 44.4 Å². The van der Waals surface area contributed by atoms with Gasteiger partial charge in [-0.3, -0.25) is 4.79 Å². The molecule has 0 aliphatic heterocycles. The summed E-state index contributed by atoms with van der Waals surface area (Å²) in [6.45, 7) is 0.390. The van der Waals surface area contributed by atoms with Crippen LogP contribution in [0.3, 0.4) is 0 Å². The first kappa shape index (κ1) is 22.5. The molecule has 0 saturated heterocycles. The van der Waals surface area contributed by atoms with E-state index in [1.807, 2.05) is 6.07 Å². The molecule has 2 atom stereocenters. The summed E-state index contributed by atoms with van der Waals surface area (Å²) in [5.74, 6) is -1.92. The summed E-state index contributed by atoms with van der Waals surface area (Å²) >= 11 is 0. The number of amides is 1. The first-order valence-corrected chi connectivity index (χ1v) is 11.2. The maximum Gasteiger partial charge on any atom is 0.337 e. The van der Waals surface area contributed by atoms with Crippen molar-refractivity contribution in [2.75, 3.05) is 19.0 Å². The van der Waals surface area contributed by atoms with Crippen molar-refractivity contribution in [1.29, 1.82) is 5.26 Å². The van der Waals surface area contributed by atoms with Crippen LogP contribution in [0.2, 0.25) is 0 Å². The molecular formula is C22H22N2O6S. The number of carboxylic acids is 1. The molecular weight excluding hydrogens is 420 g/mol. The minimum atomic E-state index is -3.56. The van der Waals surface area contributed by atoms with Gasteiger partial charge in [-0.2, -0.15) is 5.26 Å². The second kappa shape index (κ2) is 9.29. The van der Waals surface area contributed by atoms with Gasteiger partial charge in [-0.25, -0.2) is 13.2 Å². The molecule has 2 aromatic rings. The molecule has 0 heterocycles. The molecule has 0 aromatic heterocycles. The number of benzene rings is 2. The summed E-state index contributed by atoms with van der Waals surface area (Å²) in [6.07, 6.45) is 2.21. The van der Waals surface area contributed by atoms with Crippen molar-refractivity contribution >= 4 is 27.4 Å². The molecule has 2 N–H and O–H groups in total. The van der Waals surface area contributed by atoms with Crippen LogP contribution in [0.5, 0.6) is 0 Å². The van der Waals surface area contributed by atoms with E-state index in [1.54, 1.807) is 7.11 Å². The highest BCUT2D eigenvalue weighted by molar-refractivity contribution is 7.92. The molecule has 0 radical (unpaired) electrons. The highest BCUT2D eigenvalue weighted by Gasteiger charge is 2.38. The first-order chi connectivity index (χ1) is 14.8. The molecule has 2 aromatic carbocycles. The zero-order chi connectivity index (χ0) is 22.6. The van der Waals surface area contributed by atoms with Crippen molar-refractivity contribution in [3.05, 3.63) is 59.2 Å². The Bertz CT molecular complexity index is 1140. The topological polar surface area (TPSA) is 134 Å². The number of aromatic carboxylic acids is 1. The molecule has 0 spiro atoms. The van der Waals surface area contributed by atoms with E-state index in [9.17, 15) is 23.1 Å². The summed E-state index contributed by atoms with van der Waals surface area (Å²) < 4.78 is 31.2. The summed E-state index contributed by atoms with van der Waals surface area (Å²) in [6, 6.07) is 11.3. The zero-order valence-electron chi connectivity index (χ0n) is 16.9. The average molecular weight is 442 g/mol. The number of carbonyl (C=O) groups excluding carboxylic acids is 1. The van der Waals surface area contributed by atoms with Crippen LogP contribution in [0.25, 0.3) is 0 Å². The van der Waals surface area contributed by atoms with Gasteiger partial charge in [0.1, 0.15) is 0 Å². The lowest BCUT2D eigenvalue weighted by molar-refractivity contribution is 0.0698. The van der Waals surface area contributed by atoms with Gasteiger partial charge in [0, 0.05) is 12.7 Å². The fourth-order valence-corrected chi connectivity index (χ4v) is 5.94. The largest absolute Gasteiger partial charge is 0.478 e. The Hall–Kier alpha value is -3.22. The maximum absolute atomic E-state index is 13.0. The van der Waals surface area contributed by atoms with Crippen LogP contribution in [0.1, 0.15) is 45.5 Å². The fourth-order valence-electron chi connectivity index (χ4n) is 3.88. The van der Waals surface area contributed by atoms with Crippen molar-refractivity contribution in [3.8, 4) is 6.07 Å². The SMILES string of the molecule is COCC1CCCC1S(=O)(=O)c1ccc(C(=O)Nc2ccc(C#N)cc2C(=O)O)cc1. The number of carboxylic acid groups (broad SMARTS) is 1.